The SMILES string of the molecule is COC(=O)N1CCN(c2cc(C)c3nc(-c4c(NC[C@@H](O)c5cccc(Cl)c5)cc[nH]c4=O)[nH]c3c2)CC1. The summed E-state index contributed by atoms with van der Waals surface area (Å²) in [7, 11) is 1.39. The van der Waals surface area contributed by atoms with Crippen molar-refractivity contribution >= 4 is 40.1 Å². The topological polar surface area (TPSA) is 127 Å². The van der Waals surface area contributed by atoms with Crippen molar-refractivity contribution in [2.24, 2.45) is 0 Å². The van der Waals surface area contributed by atoms with Gasteiger partial charge >= 0.3 is 6.09 Å². The van der Waals surface area contributed by atoms with Crippen LogP contribution in [0.15, 0.2) is 53.5 Å². The highest BCUT2D eigenvalue weighted by atomic mass is 35.5. The number of methoxy groups -OCH3 is 1. The van der Waals surface area contributed by atoms with E-state index >= 15 is 0 Å². The van der Waals surface area contributed by atoms with Gasteiger partial charge in [0.25, 0.3) is 5.56 Å². The molecule has 1 fully saturated rings. The van der Waals surface area contributed by atoms with E-state index < -0.39 is 6.10 Å². The van der Waals surface area contributed by atoms with Crippen molar-refractivity contribution in [1.82, 2.24) is 19.9 Å². The third-order valence-electron chi connectivity index (χ3n) is 6.76. The van der Waals surface area contributed by atoms with Gasteiger partial charge in [-0.25, -0.2) is 9.78 Å². The molecule has 1 saturated heterocycles. The first kappa shape index (κ1) is 25.6. The van der Waals surface area contributed by atoms with E-state index in [0.717, 1.165) is 22.3 Å². The van der Waals surface area contributed by atoms with E-state index in [1.807, 2.05) is 13.0 Å². The van der Waals surface area contributed by atoms with Crippen LogP contribution >= 0.6 is 11.6 Å². The number of halogens is 1. The van der Waals surface area contributed by atoms with Crippen molar-refractivity contribution in [3.63, 3.8) is 0 Å². The first-order valence-corrected chi connectivity index (χ1v) is 12.7. The van der Waals surface area contributed by atoms with E-state index in [9.17, 15) is 14.7 Å². The molecular weight excluding hydrogens is 508 g/mol. The number of hydrogen-bond acceptors (Lipinski definition) is 7. The number of aromatic nitrogens is 3. The van der Waals surface area contributed by atoms with Crippen molar-refractivity contribution < 1.29 is 14.6 Å². The number of aliphatic hydroxyl groups is 1. The van der Waals surface area contributed by atoms with E-state index in [-0.39, 0.29) is 18.2 Å². The molecule has 1 amide bonds. The fourth-order valence-corrected chi connectivity index (χ4v) is 4.95. The minimum atomic E-state index is -0.819. The van der Waals surface area contributed by atoms with Gasteiger partial charge < -0.3 is 34.9 Å². The largest absolute Gasteiger partial charge is 0.453 e. The van der Waals surface area contributed by atoms with Crippen LogP contribution in [-0.2, 0) is 4.74 Å². The number of anilines is 2. The number of aromatic amines is 2. The van der Waals surface area contributed by atoms with E-state index in [4.69, 9.17) is 21.3 Å². The Kier molecular flexibility index (Phi) is 7.26. The summed E-state index contributed by atoms with van der Waals surface area (Å²) in [5, 5.41) is 14.4. The average Bonchev–Trinajstić information content (AvgIpc) is 3.35. The number of ether oxygens (including phenoxy) is 1. The zero-order valence-electron chi connectivity index (χ0n) is 21.1. The molecule has 0 saturated carbocycles. The van der Waals surface area contributed by atoms with Crippen LogP contribution in [0, 0.1) is 6.92 Å². The van der Waals surface area contributed by atoms with E-state index in [2.05, 4.69) is 26.3 Å². The number of rotatable bonds is 6. The number of nitrogens with one attached hydrogen (secondary N) is 3. The van der Waals surface area contributed by atoms with E-state index in [0.29, 0.717) is 53.8 Å². The number of carbonyl (C=O) groups is 1. The van der Waals surface area contributed by atoms with Gasteiger partial charge in [-0.2, -0.15) is 0 Å². The van der Waals surface area contributed by atoms with Gasteiger partial charge in [0, 0.05) is 49.6 Å². The lowest BCUT2D eigenvalue weighted by molar-refractivity contribution is 0.121. The molecule has 0 bridgehead atoms. The summed E-state index contributed by atoms with van der Waals surface area (Å²) in [5.74, 6) is 0.428. The average molecular weight is 537 g/mol. The third kappa shape index (κ3) is 5.18. The van der Waals surface area contributed by atoms with Crippen LogP contribution in [-0.4, -0.2) is 70.9 Å². The highest BCUT2D eigenvalue weighted by Crippen LogP contribution is 2.30. The van der Waals surface area contributed by atoms with Crippen LogP contribution in [0.25, 0.3) is 22.4 Å². The van der Waals surface area contributed by atoms with Crippen molar-refractivity contribution in [3.05, 3.63) is 75.2 Å². The minimum absolute atomic E-state index is 0.178. The number of H-pyrrole nitrogens is 2. The number of imidazole rings is 1. The number of piperazine rings is 1. The molecule has 10 nitrogen and oxygen atoms in total. The van der Waals surface area contributed by atoms with Crippen molar-refractivity contribution in [2.75, 3.05) is 50.1 Å². The van der Waals surface area contributed by atoms with Gasteiger partial charge in [0.1, 0.15) is 11.4 Å². The molecule has 4 aromatic rings. The van der Waals surface area contributed by atoms with E-state index in [1.165, 1.54) is 7.11 Å². The predicted molar refractivity (Wildman–Crippen MR) is 148 cm³/mol. The van der Waals surface area contributed by atoms with Crippen LogP contribution in [0.2, 0.25) is 5.02 Å². The molecule has 5 rings (SSSR count). The van der Waals surface area contributed by atoms with Crippen molar-refractivity contribution in [1.29, 1.82) is 0 Å². The lowest BCUT2D eigenvalue weighted by Crippen LogP contribution is -2.48. The number of benzene rings is 2. The molecule has 0 unspecified atom stereocenters. The maximum atomic E-state index is 12.9. The maximum absolute atomic E-state index is 12.9. The normalized spacial score (nSPS) is 14.5. The number of aryl methyl sites for hydroxylation is 1. The summed E-state index contributed by atoms with van der Waals surface area (Å²) < 4.78 is 4.83. The maximum Gasteiger partial charge on any atom is 0.409 e. The highest BCUT2D eigenvalue weighted by Gasteiger charge is 2.23. The highest BCUT2D eigenvalue weighted by molar-refractivity contribution is 6.30. The molecule has 2 aromatic carbocycles. The van der Waals surface area contributed by atoms with Gasteiger partial charge in [-0.3, -0.25) is 4.79 Å². The second kappa shape index (κ2) is 10.8. The van der Waals surface area contributed by atoms with Crippen molar-refractivity contribution in [3.8, 4) is 11.4 Å². The van der Waals surface area contributed by atoms with Gasteiger partial charge in [-0.05, 0) is 48.4 Å². The van der Waals surface area contributed by atoms with Crippen LogP contribution < -0.4 is 15.8 Å². The molecule has 0 spiro atoms. The second-order valence-electron chi connectivity index (χ2n) is 9.24. The molecule has 0 radical (unpaired) electrons. The Balaban J connectivity index is 1.40. The molecule has 0 aliphatic carbocycles. The summed E-state index contributed by atoms with van der Waals surface area (Å²) in [6.45, 7) is 4.68. The van der Waals surface area contributed by atoms with Gasteiger partial charge in [-0.15, -0.1) is 0 Å². The van der Waals surface area contributed by atoms with Gasteiger partial charge in [0.2, 0.25) is 0 Å². The monoisotopic (exact) mass is 536 g/mol. The van der Waals surface area contributed by atoms with Crippen LogP contribution in [0.3, 0.4) is 0 Å². The third-order valence-corrected chi connectivity index (χ3v) is 6.99. The fourth-order valence-electron chi connectivity index (χ4n) is 4.75. The molecule has 11 heteroatoms. The lowest BCUT2D eigenvalue weighted by Gasteiger charge is -2.35. The summed E-state index contributed by atoms with van der Waals surface area (Å²) in [5.41, 5.74) is 4.83. The quantitative estimate of drug-likeness (QED) is 0.294. The van der Waals surface area contributed by atoms with Gasteiger partial charge in [0.15, 0.2) is 0 Å². The molecule has 38 heavy (non-hydrogen) atoms. The van der Waals surface area contributed by atoms with Crippen LogP contribution in [0.5, 0.6) is 0 Å². The Morgan fingerprint density at radius 1 is 1.21 bits per heavy atom. The van der Waals surface area contributed by atoms with Gasteiger partial charge in [0.05, 0.1) is 29.9 Å². The van der Waals surface area contributed by atoms with Crippen LogP contribution in [0.4, 0.5) is 16.2 Å². The molecule has 1 atom stereocenters. The molecule has 2 aromatic heterocycles. The molecule has 4 N–H and O–H groups in total. The number of pyridine rings is 1. The first-order chi connectivity index (χ1) is 18.3. The predicted octanol–water partition coefficient (Wildman–Crippen LogP) is 3.91. The summed E-state index contributed by atoms with van der Waals surface area (Å²) in [6.07, 6.45) is 0.424. The standard InChI is InChI=1S/C27H29ClN6O4/c1-16-12-19(33-8-10-34(11-9-33)27(37)38-2)14-21-24(16)32-25(31-21)23-20(6-7-29-26(23)36)30-15-22(35)17-4-3-5-18(28)13-17/h3-7,12-14,22,35H,8-11,15H2,1-2H3,(H,31,32)(H2,29,30,36)/t22-/m1/s1. The Bertz CT molecular complexity index is 1530. The number of nitrogens with zero attached hydrogens (tertiary/aromatic N) is 3. The number of carbonyl (C=O) groups excluding carboxylic acids is 1. The van der Waals surface area contributed by atoms with Gasteiger partial charge in [-0.1, -0.05) is 23.7 Å². The summed E-state index contributed by atoms with van der Waals surface area (Å²) in [4.78, 5) is 39.4. The molecule has 1 aliphatic heterocycles. The lowest BCUT2D eigenvalue weighted by atomic mass is 10.1. The number of hydrogen-bond donors (Lipinski definition) is 4. The van der Waals surface area contributed by atoms with Crippen molar-refractivity contribution in [2.45, 2.75) is 13.0 Å². The molecular formula is C27H29ClN6O4. The Hall–Kier alpha value is -4.02. The fraction of sp³-hybridized carbons (Fsp3) is 0.296. The van der Waals surface area contributed by atoms with Crippen LogP contribution in [0.1, 0.15) is 17.2 Å². The first-order valence-electron chi connectivity index (χ1n) is 12.3. The summed E-state index contributed by atoms with van der Waals surface area (Å²) in [6, 6.07) is 12.9. The zero-order valence-corrected chi connectivity index (χ0v) is 21.9. The van der Waals surface area contributed by atoms with E-state index in [1.54, 1.807) is 41.4 Å². The molecule has 198 valence electrons. The zero-order chi connectivity index (χ0) is 26.8. The minimum Gasteiger partial charge on any atom is -0.453 e. The molecule has 3 heterocycles. The number of amides is 1. The Morgan fingerprint density at radius 3 is 2.74 bits per heavy atom. The second-order valence-corrected chi connectivity index (χ2v) is 9.67. The number of fused-ring (bicyclic) bond motifs is 1. The Morgan fingerprint density at radius 2 is 2.00 bits per heavy atom. The molecule has 1 aliphatic rings. The smallest absolute Gasteiger partial charge is 0.409 e. The Labute approximate surface area is 224 Å². The number of aliphatic hydroxyl groups excluding tert-OH is 1. The summed E-state index contributed by atoms with van der Waals surface area (Å²) >= 11 is 6.06.